The Bertz CT molecular complexity index is 464. The molecular formula is C15H21Br2NO3. The van der Waals surface area contributed by atoms with Crippen LogP contribution >= 0.6 is 31.9 Å². The summed E-state index contributed by atoms with van der Waals surface area (Å²) in [5.74, 6) is 0.748. The lowest BCUT2D eigenvalue weighted by Gasteiger charge is -2.17. The number of aliphatic hydroxyl groups is 1. The van der Waals surface area contributed by atoms with Crippen molar-refractivity contribution in [2.45, 2.75) is 37.9 Å². The number of methoxy groups -OCH3 is 1. The van der Waals surface area contributed by atoms with Crippen LogP contribution in [0.3, 0.4) is 0 Å². The maximum Gasteiger partial charge on any atom is 0.135 e. The number of hydrogen-bond donors (Lipinski definition) is 2. The van der Waals surface area contributed by atoms with Gasteiger partial charge in [0.25, 0.3) is 0 Å². The van der Waals surface area contributed by atoms with Gasteiger partial charge in [-0.25, -0.2) is 0 Å². The topological polar surface area (TPSA) is 50.7 Å². The van der Waals surface area contributed by atoms with Gasteiger partial charge in [-0.05, 0) is 50.8 Å². The van der Waals surface area contributed by atoms with Crippen LogP contribution in [0.2, 0.25) is 0 Å². The number of hydrogen-bond acceptors (Lipinski definition) is 4. The fraction of sp³-hybridized carbons (Fsp3) is 0.600. The predicted molar refractivity (Wildman–Crippen MR) is 91.1 cm³/mol. The average molecular weight is 423 g/mol. The van der Waals surface area contributed by atoms with Gasteiger partial charge in [-0.1, -0.05) is 12.8 Å². The van der Waals surface area contributed by atoms with Crippen LogP contribution in [0.4, 0.5) is 5.69 Å². The van der Waals surface area contributed by atoms with Gasteiger partial charge in [-0.2, -0.15) is 0 Å². The second-order valence-corrected chi connectivity index (χ2v) is 6.95. The van der Waals surface area contributed by atoms with Gasteiger partial charge in [0.2, 0.25) is 0 Å². The Morgan fingerprint density at radius 1 is 1.29 bits per heavy atom. The number of rotatable bonds is 7. The quantitative estimate of drug-likeness (QED) is 0.698. The van der Waals surface area contributed by atoms with Crippen molar-refractivity contribution in [3.8, 4) is 5.75 Å². The predicted octanol–water partition coefficient (Wildman–Crippen LogP) is 3.95. The Hall–Kier alpha value is -0.300. The molecule has 1 aliphatic carbocycles. The van der Waals surface area contributed by atoms with Crippen LogP contribution in [-0.2, 0) is 4.74 Å². The van der Waals surface area contributed by atoms with Gasteiger partial charge < -0.3 is 19.9 Å². The van der Waals surface area contributed by atoms with Crippen molar-refractivity contribution in [3.63, 3.8) is 0 Å². The van der Waals surface area contributed by atoms with Gasteiger partial charge in [-0.15, -0.1) is 0 Å². The van der Waals surface area contributed by atoms with Crippen molar-refractivity contribution in [2.24, 2.45) is 0 Å². The van der Waals surface area contributed by atoms with Gasteiger partial charge in [-0.3, -0.25) is 0 Å². The minimum absolute atomic E-state index is 0.333. The molecule has 118 valence electrons. The lowest BCUT2D eigenvalue weighted by molar-refractivity contribution is -0.00117. The number of benzene rings is 1. The average Bonchev–Trinajstić information content (AvgIpc) is 2.97. The molecule has 0 heterocycles. The number of anilines is 1. The van der Waals surface area contributed by atoms with E-state index in [0.29, 0.717) is 19.3 Å². The summed E-state index contributed by atoms with van der Waals surface area (Å²) in [6, 6.07) is 3.81. The maximum absolute atomic E-state index is 10.00. The van der Waals surface area contributed by atoms with Crippen molar-refractivity contribution < 1.29 is 14.6 Å². The van der Waals surface area contributed by atoms with Gasteiger partial charge >= 0.3 is 0 Å². The van der Waals surface area contributed by atoms with Crippen LogP contribution in [0.5, 0.6) is 5.75 Å². The van der Waals surface area contributed by atoms with E-state index >= 15 is 0 Å². The Balaban J connectivity index is 1.81. The van der Waals surface area contributed by atoms with E-state index in [2.05, 4.69) is 37.2 Å². The first-order chi connectivity index (χ1) is 10.1. The third-order valence-corrected chi connectivity index (χ3v) is 4.87. The number of nitrogens with one attached hydrogen (secondary N) is 1. The molecular weight excluding hydrogens is 402 g/mol. The zero-order chi connectivity index (χ0) is 15.2. The van der Waals surface area contributed by atoms with Gasteiger partial charge in [0.15, 0.2) is 0 Å². The summed E-state index contributed by atoms with van der Waals surface area (Å²) in [6.07, 6.45) is 4.53. The molecule has 1 fully saturated rings. The van der Waals surface area contributed by atoms with Crippen LogP contribution in [-0.4, -0.2) is 37.6 Å². The smallest absolute Gasteiger partial charge is 0.135 e. The third kappa shape index (κ3) is 5.13. The normalized spacial score (nSPS) is 17.0. The van der Waals surface area contributed by atoms with Crippen LogP contribution in [0.1, 0.15) is 25.7 Å². The molecule has 1 atom stereocenters. The van der Waals surface area contributed by atoms with Crippen molar-refractivity contribution in [3.05, 3.63) is 21.1 Å². The van der Waals surface area contributed by atoms with E-state index in [9.17, 15) is 5.11 Å². The van der Waals surface area contributed by atoms with E-state index in [1.165, 1.54) is 12.8 Å². The second-order valence-electron chi connectivity index (χ2n) is 5.24. The lowest BCUT2D eigenvalue weighted by Crippen LogP contribution is -2.27. The van der Waals surface area contributed by atoms with E-state index in [1.807, 2.05) is 12.1 Å². The lowest BCUT2D eigenvalue weighted by atomic mass is 10.2. The molecule has 0 spiro atoms. The van der Waals surface area contributed by atoms with Crippen molar-refractivity contribution in [1.29, 1.82) is 0 Å². The van der Waals surface area contributed by atoms with Crippen LogP contribution in [0, 0.1) is 0 Å². The summed E-state index contributed by atoms with van der Waals surface area (Å²) < 4.78 is 12.8. The Morgan fingerprint density at radius 2 is 2.00 bits per heavy atom. The molecule has 0 radical (unpaired) electrons. The van der Waals surface area contributed by atoms with E-state index in [4.69, 9.17) is 9.47 Å². The molecule has 0 aromatic heterocycles. The van der Waals surface area contributed by atoms with Gasteiger partial charge in [0.05, 0.1) is 36.1 Å². The Morgan fingerprint density at radius 3 is 2.67 bits per heavy atom. The molecule has 21 heavy (non-hydrogen) atoms. The zero-order valence-corrected chi connectivity index (χ0v) is 15.2. The molecule has 1 unspecified atom stereocenters. The summed E-state index contributed by atoms with van der Waals surface area (Å²) >= 11 is 6.92. The highest BCUT2D eigenvalue weighted by atomic mass is 79.9. The highest BCUT2D eigenvalue weighted by Gasteiger charge is 2.17. The first-order valence-electron chi connectivity index (χ1n) is 7.16. The molecule has 2 rings (SSSR count). The molecule has 1 aromatic rings. The number of halogens is 2. The molecule has 6 heteroatoms. The number of ether oxygens (including phenoxy) is 2. The monoisotopic (exact) mass is 421 g/mol. The van der Waals surface area contributed by atoms with E-state index in [-0.39, 0.29) is 0 Å². The van der Waals surface area contributed by atoms with E-state index in [1.54, 1.807) is 7.11 Å². The van der Waals surface area contributed by atoms with Crippen molar-refractivity contribution >= 4 is 37.5 Å². The first-order valence-corrected chi connectivity index (χ1v) is 8.75. The Labute approximate surface area is 142 Å². The molecule has 0 amide bonds. The summed E-state index contributed by atoms with van der Waals surface area (Å²) in [4.78, 5) is 0. The maximum atomic E-state index is 10.00. The second kappa shape index (κ2) is 8.36. The molecule has 2 N–H and O–H groups in total. The van der Waals surface area contributed by atoms with Gasteiger partial charge in [0, 0.05) is 17.1 Å². The van der Waals surface area contributed by atoms with Crippen LogP contribution < -0.4 is 10.1 Å². The summed E-state index contributed by atoms with van der Waals surface area (Å²) in [7, 11) is 1.63. The SMILES string of the molecule is COc1cc(NCC(O)COC2CCCC2)c(Br)cc1Br. The minimum atomic E-state index is -0.521. The van der Waals surface area contributed by atoms with Gasteiger partial charge in [0.1, 0.15) is 5.75 Å². The molecule has 0 aliphatic heterocycles. The minimum Gasteiger partial charge on any atom is -0.495 e. The largest absolute Gasteiger partial charge is 0.495 e. The first kappa shape index (κ1) is 17.1. The molecule has 0 bridgehead atoms. The van der Waals surface area contributed by atoms with Crippen molar-refractivity contribution in [1.82, 2.24) is 0 Å². The fourth-order valence-electron chi connectivity index (χ4n) is 2.41. The molecule has 0 saturated heterocycles. The molecule has 1 aromatic carbocycles. The molecule has 4 nitrogen and oxygen atoms in total. The summed E-state index contributed by atoms with van der Waals surface area (Å²) in [6.45, 7) is 0.819. The number of aliphatic hydroxyl groups excluding tert-OH is 1. The van der Waals surface area contributed by atoms with Crippen LogP contribution in [0.25, 0.3) is 0 Å². The van der Waals surface area contributed by atoms with E-state index < -0.39 is 6.10 Å². The zero-order valence-electron chi connectivity index (χ0n) is 12.1. The van der Waals surface area contributed by atoms with Crippen LogP contribution in [0.15, 0.2) is 21.1 Å². The third-order valence-electron chi connectivity index (χ3n) is 3.60. The fourth-order valence-corrected chi connectivity index (χ4v) is 3.71. The highest BCUT2D eigenvalue weighted by molar-refractivity contribution is 9.11. The van der Waals surface area contributed by atoms with Crippen molar-refractivity contribution in [2.75, 3.05) is 25.6 Å². The van der Waals surface area contributed by atoms with E-state index in [0.717, 1.165) is 33.2 Å². The standard InChI is InChI=1S/C15H21Br2NO3/c1-20-15-7-14(12(16)6-13(15)17)18-8-10(19)9-21-11-4-2-3-5-11/h6-7,10-11,18-19H,2-5,8-9H2,1H3. The molecule has 1 saturated carbocycles. The summed E-state index contributed by atoms with van der Waals surface area (Å²) in [5, 5.41) is 13.2. The molecule has 1 aliphatic rings. The summed E-state index contributed by atoms with van der Waals surface area (Å²) in [5.41, 5.74) is 0.884. The highest BCUT2D eigenvalue weighted by Crippen LogP contribution is 2.34. The Kier molecular flexibility index (Phi) is 6.79.